The SMILES string of the molecule is O=C(C1CCN(c2cnc3cc(Cl)ccc3n2)CC1)N1CCc2sccc2C1. The maximum absolute atomic E-state index is 13.0. The average molecular weight is 413 g/mol. The molecule has 4 heterocycles. The standard InChI is InChI=1S/C21H21ClN4OS/c22-16-1-2-17-18(11-16)23-12-20(24-17)25-7-3-14(4-8-25)21(27)26-9-5-19-15(13-26)6-10-28-19/h1-2,6,10-12,14H,3-5,7-9,13H2. The number of rotatable bonds is 2. The number of halogens is 1. The highest BCUT2D eigenvalue weighted by atomic mass is 35.5. The molecule has 0 N–H and O–H groups in total. The van der Waals surface area contributed by atoms with Crippen molar-refractivity contribution >= 4 is 45.7 Å². The van der Waals surface area contributed by atoms with E-state index >= 15 is 0 Å². The van der Waals surface area contributed by atoms with E-state index in [9.17, 15) is 4.79 Å². The molecule has 0 bridgehead atoms. The Morgan fingerprint density at radius 1 is 1.14 bits per heavy atom. The monoisotopic (exact) mass is 412 g/mol. The van der Waals surface area contributed by atoms with Crippen molar-refractivity contribution in [1.82, 2.24) is 14.9 Å². The van der Waals surface area contributed by atoms with Crippen molar-refractivity contribution in [1.29, 1.82) is 0 Å². The van der Waals surface area contributed by atoms with Crippen LogP contribution in [0.4, 0.5) is 5.82 Å². The van der Waals surface area contributed by atoms with Crippen molar-refractivity contribution in [3.63, 3.8) is 0 Å². The van der Waals surface area contributed by atoms with Crippen LogP contribution in [0.1, 0.15) is 23.3 Å². The third kappa shape index (κ3) is 3.35. The number of amides is 1. The quantitative estimate of drug-likeness (QED) is 0.634. The lowest BCUT2D eigenvalue weighted by atomic mass is 9.94. The Balaban J connectivity index is 1.24. The van der Waals surface area contributed by atoms with Gasteiger partial charge in [0, 0.05) is 42.0 Å². The van der Waals surface area contributed by atoms with Crippen molar-refractivity contribution in [3.8, 4) is 0 Å². The molecule has 7 heteroatoms. The fourth-order valence-corrected chi connectivity index (χ4v) is 5.23. The van der Waals surface area contributed by atoms with Crippen molar-refractivity contribution in [2.75, 3.05) is 24.5 Å². The molecule has 0 saturated carbocycles. The molecule has 5 rings (SSSR count). The molecule has 2 aromatic heterocycles. The van der Waals surface area contributed by atoms with E-state index in [4.69, 9.17) is 16.6 Å². The molecule has 0 unspecified atom stereocenters. The molecule has 1 aromatic carbocycles. The maximum atomic E-state index is 13.0. The molecule has 1 fully saturated rings. The molecule has 2 aliphatic heterocycles. The first-order valence-electron chi connectivity index (χ1n) is 9.69. The van der Waals surface area contributed by atoms with Gasteiger partial charge in [-0.15, -0.1) is 11.3 Å². The number of thiophene rings is 1. The molecule has 0 atom stereocenters. The highest BCUT2D eigenvalue weighted by Crippen LogP contribution is 2.29. The van der Waals surface area contributed by atoms with E-state index in [1.165, 1.54) is 10.4 Å². The van der Waals surface area contributed by atoms with E-state index in [-0.39, 0.29) is 5.92 Å². The number of anilines is 1. The highest BCUT2D eigenvalue weighted by Gasteiger charge is 2.31. The molecule has 1 amide bonds. The van der Waals surface area contributed by atoms with E-state index in [2.05, 4.69) is 26.2 Å². The van der Waals surface area contributed by atoms with Gasteiger partial charge in [-0.3, -0.25) is 9.78 Å². The third-order valence-corrected chi connectivity index (χ3v) is 7.04. The number of aromatic nitrogens is 2. The maximum Gasteiger partial charge on any atom is 0.226 e. The molecule has 0 aliphatic carbocycles. The zero-order valence-corrected chi connectivity index (χ0v) is 17.0. The van der Waals surface area contributed by atoms with Gasteiger partial charge >= 0.3 is 0 Å². The van der Waals surface area contributed by atoms with Gasteiger partial charge in [0.05, 0.1) is 17.2 Å². The Labute approximate surface area is 173 Å². The number of piperidine rings is 1. The number of carbonyl (C=O) groups is 1. The second-order valence-electron chi connectivity index (χ2n) is 7.50. The molecular formula is C21H21ClN4OS. The Kier molecular flexibility index (Phi) is 4.69. The summed E-state index contributed by atoms with van der Waals surface area (Å²) in [5.74, 6) is 1.31. The van der Waals surface area contributed by atoms with Crippen LogP contribution >= 0.6 is 22.9 Å². The van der Waals surface area contributed by atoms with Crippen LogP contribution in [-0.2, 0) is 17.8 Å². The Bertz CT molecular complexity index is 1030. The zero-order chi connectivity index (χ0) is 19.1. The second-order valence-corrected chi connectivity index (χ2v) is 8.94. The Hall–Kier alpha value is -2.18. The summed E-state index contributed by atoms with van der Waals surface area (Å²) in [4.78, 5) is 28.0. The summed E-state index contributed by atoms with van der Waals surface area (Å²) in [6.07, 6.45) is 4.54. The minimum atomic E-state index is 0.114. The van der Waals surface area contributed by atoms with Crippen LogP contribution < -0.4 is 4.90 Å². The summed E-state index contributed by atoms with van der Waals surface area (Å²) in [5.41, 5.74) is 2.98. The molecule has 28 heavy (non-hydrogen) atoms. The number of carbonyl (C=O) groups excluding carboxylic acids is 1. The van der Waals surface area contributed by atoms with Crippen molar-refractivity contribution < 1.29 is 4.79 Å². The van der Waals surface area contributed by atoms with E-state index < -0.39 is 0 Å². The van der Waals surface area contributed by atoms with Gasteiger partial charge in [0.15, 0.2) is 0 Å². The third-order valence-electron chi connectivity index (χ3n) is 5.78. The van der Waals surface area contributed by atoms with Gasteiger partial charge in [0.1, 0.15) is 5.82 Å². The van der Waals surface area contributed by atoms with Crippen LogP contribution in [0.5, 0.6) is 0 Å². The van der Waals surface area contributed by atoms with Crippen LogP contribution in [-0.4, -0.2) is 40.4 Å². The smallest absolute Gasteiger partial charge is 0.226 e. The molecule has 5 nitrogen and oxygen atoms in total. The molecular weight excluding hydrogens is 392 g/mol. The summed E-state index contributed by atoms with van der Waals surface area (Å²) in [7, 11) is 0. The van der Waals surface area contributed by atoms with Crippen LogP contribution in [0.15, 0.2) is 35.8 Å². The zero-order valence-electron chi connectivity index (χ0n) is 15.5. The van der Waals surface area contributed by atoms with Crippen LogP contribution in [0.25, 0.3) is 11.0 Å². The number of benzene rings is 1. The van der Waals surface area contributed by atoms with Crippen LogP contribution in [0.3, 0.4) is 0 Å². The fraction of sp³-hybridized carbons (Fsp3) is 0.381. The van der Waals surface area contributed by atoms with Crippen LogP contribution in [0.2, 0.25) is 5.02 Å². The van der Waals surface area contributed by atoms with E-state index in [1.54, 1.807) is 0 Å². The summed E-state index contributed by atoms with van der Waals surface area (Å²) < 4.78 is 0. The Morgan fingerprint density at radius 3 is 2.86 bits per heavy atom. The molecule has 1 saturated heterocycles. The minimum Gasteiger partial charge on any atom is -0.355 e. The number of nitrogens with zero attached hydrogens (tertiary/aromatic N) is 4. The lowest BCUT2D eigenvalue weighted by molar-refractivity contribution is -0.137. The fourth-order valence-electron chi connectivity index (χ4n) is 4.18. The lowest BCUT2D eigenvalue weighted by Crippen LogP contribution is -2.44. The summed E-state index contributed by atoms with van der Waals surface area (Å²) in [6, 6.07) is 7.73. The summed E-state index contributed by atoms with van der Waals surface area (Å²) in [5, 5.41) is 2.80. The largest absolute Gasteiger partial charge is 0.355 e. The number of hydrogen-bond donors (Lipinski definition) is 0. The normalized spacial score (nSPS) is 17.8. The van der Waals surface area contributed by atoms with Crippen LogP contribution in [0, 0.1) is 5.92 Å². The van der Waals surface area contributed by atoms with Gasteiger partial charge in [-0.25, -0.2) is 4.98 Å². The van der Waals surface area contributed by atoms with Gasteiger partial charge in [0.25, 0.3) is 0 Å². The average Bonchev–Trinajstić information content (AvgIpc) is 3.21. The van der Waals surface area contributed by atoms with E-state index in [0.717, 1.165) is 62.3 Å². The number of hydrogen-bond acceptors (Lipinski definition) is 5. The first-order valence-corrected chi connectivity index (χ1v) is 10.9. The predicted molar refractivity (Wildman–Crippen MR) is 113 cm³/mol. The number of fused-ring (bicyclic) bond motifs is 2. The van der Waals surface area contributed by atoms with Gasteiger partial charge < -0.3 is 9.80 Å². The van der Waals surface area contributed by atoms with Gasteiger partial charge in [-0.1, -0.05) is 11.6 Å². The minimum absolute atomic E-state index is 0.114. The van der Waals surface area contributed by atoms with Crippen molar-refractivity contribution in [2.24, 2.45) is 5.92 Å². The molecule has 144 valence electrons. The summed E-state index contributed by atoms with van der Waals surface area (Å²) in [6.45, 7) is 3.30. The molecule has 3 aromatic rings. The first kappa shape index (κ1) is 17.9. The van der Waals surface area contributed by atoms with Gasteiger partial charge in [0.2, 0.25) is 5.91 Å². The van der Waals surface area contributed by atoms with E-state index in [0.29, 0.717) is 10.9 Å². The van der Waals surface area contributed by atoms with Gasteiger partial charge in [-0.05, 0) is 54.5 Å². The Morgan fingerprint density at radius 2 is 2.00 bits per heavy atom. The summed E-state index contributed by atoms with van der Waals surface area (Å²) >= 11 is 7.83. The molecule has 2 aliphatic rings. The predicted octanol–water partition coefficient (Wildman–Crippen LogP) is 4.15. The highest BCUT2D eigenvalue weighted by molar-refractivity contribution is 7.10. The van der Waals surface area contributed by atoms with Gasteiger partial charge in [-0.2, -0.15) is 0 Å². The second kappa shape index (κ2) is 7.33. The van der Waals surface area contributed by atoms with Crippen molar-refractivity contribution in [3.05, 3.63) is 51.3 Å². The van der Waals surface area contributed by atoms with Crippen molar-refractivity contribution in [2.45, 2.75) is 25.8 Å². The topological polar surface area (TPSA) is 49.3 Å². The van der Waals surface area contributed by atoms with E-state index in [1.807, 2.05) is 35.7 Å². The lowest BCUT2D eigenvalue weighted by Gasteiger charge is -2.36. The molecule has 0 radical (unpaired) electrons. The first-order chi connectivity index (χ1) is 13.7. The molecule has 0 spiro atoms.